The molecule has 41 heavy (non-hydrogen) atoms. The lowest BCUT2D eigenvalue weighted by molar-refractivity contribution is 0.0734. The molecule has 0 fully saturated rings. The van der Waals surface area contributed by atoms with E-state index in [0.29, 0.717) is 36.0 Å². The van der Waals surface area contributed by atoms with E-state index in [-0.39, 0.29) is 5.97 Å². The normalized spacial score (nSPS) is 11.0. The van der Waals surface area contributed by atoms with Crippen LogP contribution in [0.3, 0.4) is 0 Å². The summed E-state index contributed by atoms with van der Waals surface area (Å²) in [6, 6.07) is 14.6. The summed E-state index contributed by atoms with van der Waals surface area (Å²) in [5.74, 6) is 1.49. The maximum absolute atomic E-state index is 12.8. The fourth-order valence-corrected chi connectivity index (χ4v) is 5.06. The summed E-state index contributed by atoms with van der Waals surface area (Å²) in [7, 11) is 0. The van der Waals surface area contributed by atoms with Crippen molar-refractivity contribution in [2.24, 2.45) is 0 Å². The van der Waals surface area contributed by atoms with Gasteiger partial charge in [-0.15, -0.1) is 0 Å². The predicted octanol–water partition coefficient (Wildman–Crippen LogP) is 11.5. The molecule has 0 radical (unpaired) electrons. The van der Waals surface area contributed by atoms with E-state index < -0.39 is 0 Å². The number of esters is 1. The van der Waals surface area contributed by atoms with Gasteiger partial charge in [0, 0.05) is 0 Å². The number of carbonyl (C=O) groups excluding carboxylic acids is 1. The van der Waals surface area contributed by atoms with Crippen LogP contribution in [-0.2, 0) is 0 Å². The van der Waals surface area contributed by atoms with Crippen molar-refractivity contribution in [3.05, 3.63) is 54.1 Å². The molecule has 0 aromatic heterocycles. The molecule has 2 rings (SSSR count). The van der Waals surface area contributed by atoms with Gasteiger partial charge in [0.2, 0.25) is 0 Å². The van der Waals surface area contributed by atoms with E-state index in [1.807, 2.05) is 24.3 Å². The number of ether oxygens (including phenoxy) is 3. The zero-order chi connectivity index (χ0) is 29.2. The molecule has 0 saturated heterocycles. The van der Waals surface area contributed by atoms with Gasteiger partial charge in [-0.25, -0.2) is 4.79 Å². The molecule has 2 aromatic carbocycles. The second-order valence-corrected chi connectivity index (χ2v) is 11.4. The van der Waals surface area contributed by atoms with Crippen molar-refractivity contribution < 1.29 is 19.0 Å². The van der Waals surface area contributed by atoms with Gasteiger partial charge in [0.1, 0.15) is 5.75 Å². The van der Waals surface area contributed by atoms with Gasteiger partial charge in [0.15, 0.2) is 11.5 Å². The van der Waals surface area contributed by atoms with Crippen LogP contribution >= 0.6 is 0 Å². The lowest BCUT2D eigenvalue weighted by Gasteiger charge is -2.14. The van der Waals surface area contributed by atoms with Gasteiger partial charge in [-0.3, -0.25) is 0 Å². The smallest absolute Gasteiger partial charge is 0.343 e. The molecule has 4 heteroatoms. The van der Waals surface area contributed by atoms with Gasteiger partial charge in [0.05, 0.1) is 18.8 Å². The van der Waals surface area contributed by atoms with Crippen LogP contribution < -0.4 is 14.2 Å². The Bertz CT molecular complexity index is 895. The quantitative estimate of drug-likeness (QED) is 0.0645. The van der Waals surface area contributed by atoms with Crippen LogP contribution in [0, 0.1) is 0 Å². The Morgan fingerprint density at radius 2 is 0.951 bits per heavy atom. The first-order valence-electron chi connectivity index (χ1n) is 16.9. The molecule has 0 heterocycles. The van der Waals surface area contributed by atoms with Crippen LogP contribution in [0.15, 0.2) is 48.5 Å². The topological polar surface area (TPSA) is 44.8 Å². The Morgan fingerprint density at radius 1 is 0.512 bits per heavy atom. The van der Waals surface area contributed by atoms with Crippen molar-refractivity contribution >= 4 is 5.97 Å². The van der Waals surface area contributed by atoms with Gasteiger partial charge in [-0.05, 0) is 43.2 Å². The van der Waals surface area contributed by atoms with Crippen molar-refractivity contribution in [1.82, 2.24) is 0 Å². The summed E-state index contributed by atoms with van der Waals surface area (Å²) < 4.78 is 17.8. The minimum absolute atomic E-state index is 0.388. The highest BCUT2D eigenvalue weighted by Gasteiger charge is 2.14. The molecular formula is C37H58O4. The highest BCUT2D eigenvalue weighted by molar-refractivity contribution is 5.91. The maximum atomic E-state index is 12.8. The third-order valence-electron chi connectivity index (χ3n) is 7.64. The standard InChI is InChI=1S/C37H58O4/c1-3-5-7-9-11-13-15-17-19-24-30-39-35-29-28-33(37(38)41-34-26-22-21-23-27-34)32-36(35)40-31-25-20-18-16-14-12-10-8-6-4-2/h21-23,26-29,32H,3-20,24-25,30-31H2,1-2H3. The monoisotopic (exact) mass is 566 g/mol. The molecule has 0 unspecified atom stereocenters. The van der Waals surface area contributed by atoms with Gasteiger partial charge in [-0.2, -0.15) is 0 Å². The number of hydrogen-bond donors (Lipinski definition) is 0. The van der Waals surface area contributed by atoms with Crippen molar-refractivity contribution in [2.75, 3.05) is 13.2 Å². The van der Waals surface area contributed by atoms with Crippen LogP contribution in [0.4, 0.5) is 0 Å². The molecule has 0 spiro atoms. The highest BCUT2D eigenvalue weighted by atomic mass is 16.5. The van der Waals surface area contributed by atoms with Gasteiger partial charge in [0.25, 0.3) is 0 Å². The minimum Gasteiger partial charge on any atom is -0.490 e. The number of rotatable bonds is 26. The third-order valence-corrected chi connectivity index (χ3v) is 7.64. The molecule has 2 aromatic rings. The summed E-state index contributed by atoms with van der Waals surface area (Å²) in [6.07, 6.45) is 25.8. The number of unbranched alkanes of at least 4 members (excludes halogenated alkanes) is 18. The van der Waals surface area contributed by atoms with E-state index in [2.05, 4.69) is 13.8 Å². The van der Waals surface area contributed by atoms with Gasteiger partial charge < -0.3 is 14.2 Å². The summed E-state index contributed by atoms with van der Waals surface area (Å²) in [5, 5.41) is 0. The Labute approximate surface area is 251 Å². The second kappa shape index (κ2) is 24.1. The zero-order valence-corrected chi connectivity index (χ0v) is 26.3. The molecule has 0 amide bonds. The predicted molar refractivity (Wildman–Crippen MR) is 173 cm³/mol. The Hall–Kier alpha value is -2.49. The van der Waals surface area contributed by atoms with Crippen LogP contribution in [0.1, 0.15) is 153 Å². The second-order valence-electron chi connectivity index (χ2n) is 11.4. The molecule has 230 valence electrons. The minimum atomic E-state index is -0.388. The van der Waals surface area contributed by atoms with E-state index >= 15 is 0 Å². The number of benzene rings is 2. The zero-order valence-electron chi connectivity index (χ0n) is 26.3. The van der Waals surface area contributed by atoms with E-state index in [0.717, 1.165) is 12.8 Å². The number of hydrogen-bond acceptors (Lipinski definition) is 4. The molecule has 4 nitrogen and oxygen atoms in total. The van der Waals surface area contributed by atoms with Crippen LogP contribution in [-0.4, -0.2) is 19.2 Å². The SMILES string of the molecule is CCCCCCCCCCCCOc1ccc(C(=O)Oc2ccccc2)cc1OCCCCCCCCCCCC. The highest BCUT2D eigenvalue weighted by Crippen LogP contribution is 2.30. The van der Waals surface area contributed by atoms with Crippen molar-refractivity contribution in [3.8, 4) is 17.2 Å². The van der Waals surface area contributed by atoms with Crippen molar-refractivity contribution in [3.63, 3.8) is 0 Å². The van der Waals surface area contributed by atoms with Crippen LogP contribution in [0.5, 0.6) is 17.2 Å². The number of para-hydroxylation sites is 1. The summed E-state index contributed by atoms with van der Waals surface area (Å²) in [6.45, 7) is 5.83. The van der Waals surface area contributed by atoms with E-state index in [4.69, 9.17) is 14.2 Å². The third kappa shape index (κ3) is 17.2. The first kappa shape index (κ1) is 34.7. The maximum Gasteiger partial charge on any atom is 0.343 e. The first-order valence-corrected chi connectivity index (χ1v) is 16.9. The molecule has 0 saturated carbocycles. The van der Waals surface area contributed by atoms with Crippen LogP contribution in [0.2, 0.25) is 0 Å². The lowest BCUT2D eigenvalue weighted by atomic mass is 10.1. The fourth-order valence-electron chi connectivity index (χ4n) is 5.06. The lowest BCUT2D eigenvalue weighted by Crippen LogP contribution is -2.10. The average molecular weight is 567 g/mol. The van der Waals surface area contributed by atoms with E-state index in [1.54, 1.807) is 24.3 Å². The molecule has 0 N–H and O–H groups in total. The Balaban J connectivity index is 1.76. The molecule has 0 aliphatic carbocycles. The van der Waals surface area contributed by atoms with E-state index in [1.165, 1.54) is 116 Å². The first-order chi connectivity index (χ1) is 20.2. The average Bonchev–Trinajstić information content (AvgIpc) is 2.99. The van der Waals surface area contributed by atoms with Crippen LogP contribution in [0.25, 0.3) is 0 Å². The molecule has 0 bridgehead atoms. The fraction of sp³-hybridized carbons (Fsp3) is 0.649. The van der Waals surface area contributed by atoms with Gasteiger partial charge >= 0.3 is 5.97 Å². The van der Waals surface area contributed by atoms with Crippen molar-refractivity contribution in [2.45, 2.75) is 142 Å². The molecular weight excluding hydrogens is 508 g/mol. The Morgan fingerprint density at radius 3 is 1.44 bits per heavy atom. The van der Waals surface area contributed by atoms with E-state index in [9.17, 15) is 4.79 Å². The van der Waals surface area contributed by atoms with Crippen molar-refractivity contribution in [1.29, 1.82) is 0 Å². The molecule has 0 atom stereocenters. The summed E-state index contributed by atoms with van der Waals surface area (Å²) in [5.41, 5.74) is 0.471. The summed E-state index contributed by atoms with van der Waals surface area (Å²) >= 11 is 0. The Kier molecular flexibility index (Phi) is 20.4. The van der Waals surface area contributed by atoms with Gasteiger partial charge in [-0.1, -0.05) is 148 Å². The number of carbonyl (C=O) groups is 1. The molecule has 0 aliphatic heterocycles. The summed E-state index contributed by atoms with van der Waals surface area (Å²) in [4.78, 5) is 12.8. The largest absolute Gasteiger partial charge is 0.490 e. The molecule has 0 aliphatic rings.